The summed E-state index contributed by atoms with van der Waals surface area (Å²) < 4.78 is 19.6. The first-order valence-electron chi connectivity index (χ1n) is 15.8. The first-order valence-corrected chi connectivity index (χ1v) is 17.6. The number of methoxy groups -OCH3 is 1. The molecule has 4 aromatic rings. The van der Waals surface area contributed by atoms with Crippen LogP contribution in [-0.2, 0) is 27.2 Å². The van der Waals surface area contributed by atoms with E-state index in [4.69, 9.17) is 4.74 Å². The standard InChI is InChI=1S/C38H38FN3O5S2/c1-38(2,3)25-17-18-28-31(20-25)49-36(33(28)37(46)47-4)42-32(43)22-48-27-15-10-14-26(21-27)40-35(45)30(19-24-13-8-9-16-29(24)39)41-34(44)23-11-6-5-7-12-23/h5-16,19,21,25H,17-18,20,22H2,1-4H3,(H,40,45)(H,41,44)(H,42,43)/b30-19-. The maximum atomic E-state index is 14.5. The van der Waals surface area contributed by atoms with Crippen LogP contribution in [0.2, 0.25) is 0 Å². The molecule has 3 amide bonds. The molecule has 3 aromatic carbocycles. The Morgan fingerprint density at radius 2 is 1.71 bits per heavy atom. The van der Waals surface area contributed by atoms with Crippen molar-refractivity contribution >= 4 is 63.6 Å². The van der Waals surface area contributed by atoms with Crippen molar-refractivity contribution in [2.24, 2.45) is 11.3 Å². The summed E-state index contributed by atoms with van der Waals surface area (Å²) in [5.74, 6) is -1.94. The van der Waals surface area contributed by atoms with Gasteiger partial charge in [0, 0.05) is 26.6 Å². The molecule has 0 saturated carbocycles. The second kappa shape index (κ2) is 15.7. The Bertz CT molecular complexity index is 1900. The minimum atomic E-state index is -0.655. The first kappa shape index (κ1) is 35.6. The molecule has 254 valence electrons. The SMILES string of the molecule is COC(=O)c1c(NC(=O)CSc2cccc(NC(=O)/C(=C/c3ccccc3F)NC(=O)c3ccccc3)c2)sc2c1CCC(C(C)(C)C)C2. The molecule has 0 aliphatic heterocycles. The van der Waals surface area contributed by atoms with E-state index < -0.39 is 23.6 Å². The molecule has 0 bridgehead atoms. The molecule has 1 aromatic heterocycles. The molecule has 11 heteroatoms. The fourth-order valence-electron chi connectivity index (χ4n) is 5.59. The predicted molar refractivity (Wildman–Crippen MR) is 193 cm³/mol. The Morgan fingerprint density at radius 1 is 0.980 bits per heavy atom. The number of ether oxygens (including phenoxy) is 1. The zero-order valence-electron chi connectivity index (χ0n) is 27.7. The Morgan fingerprint density at radius 3 is 2.43 bits per heavy atom. The van der Waals surface area contributed by atoms with Crippen molar-refractivity contribution in [1.29, 1.82) is 0 Å². The van der Waals surface area contributed by atoms with Crippen LogP contribution in [0.4, 0.5) is 15.1 Å². The molecule has 0 fully saturated rings. The second-order valence-electron chi connectivity index (χ2n) is 12.7. The minimum absolute atomic E-state index is 0.0523. The van der Waals surface area contributed by atoms with Crippen LogP contribution in [0.3, 0.4) is 0 Å². The highest BCUT2D eigenvalue weighted by atomic mass is 32.2. The summed E-state index contributed by atoms with van der Waals surface area (Å²) in [5, 5.41) is 8.81. The summed E-state index contributed by atoms with van der Waals surface area (Å²) in [5.41, 5.74) is 2.27. The Hall–Kier alpha value is -4.74. The summed E-state index contributed by atoms with van der Waals surface area (Å²) in [4.78, 5) is 54.1. The zero-order chi connectivity index (χ0) is 35.1. The highest BCUT2D eigenvalue weighted by Crippen LogP contribution is 2.44. The van der Waals surface area contributed by atoms with Gasteiger partial charge in [-0.15, -0.1) is 23.1 Å². The molecule has 8 nitrogen and oxygen atoms in total. The molecule has 0 radical (unpaired) electrons. The average molecular weight is 700 g/mol. The second-order valence-corrected chi connectivity index (χ2v) is 14.9. The van der Waals surface area contributed by atoms with Crippen molar-refractivity contribution in [1.82, 2.24) is 5.32 Å². The van der Waals surface area contributed by atoms with Gasteiger partial charge in [0.15, 0.2) is 0 Å². The molecule has 1 atom stereocenters. The molecule has 49 heavy (non-hydrogen) atoms. The minimum Gasteiger partial charge on any atom is -0.465 e. The summed E-state index contributed by atoms with van der Waals surface area (Å²) in [7, 11) is 1.34. The van der Waals surface area contributed by atoms with Gasteiger partial charge in [-0.1, -0.05) is 63.2 Å². The third kappa shape index (κ3) is 9.04. The van der Waals surface area contributed by atoms with Crippen molar-refractivity contribution in [3.8, 4) is 0 Å². The van der Waals surface area contributed by atoms with Crippen LogP contribution in [0.5, 0.6) is 0 Å². The maximum absolute atomic E-state index is 14.5. The van der Waals surface area contributed by atoms with Crippen molar-refractivity contribution < 1.29 is 28.3 Å². The predicted octanol–water partition coefficient (Wildman–Crippen LogP) is 7.97. The lowest BCUT2D eigenvalue weighted by molar-refractivity contribution is -0.114. The van der Waals surface area contributed by atoms with Crippen LogP contribution in [0.1, 0.15) is 63.9 Å². The Balaban J connectivity index is 1.27. The Kier molecular flexibility index (Phi) is 11.4. The smallest absolute Gasteiger partial charge is 0.341 e. The summed E-state index contributed by atoms with van der Waals surface area (Å²) in [6, 6.07) is 21.2. The largest absolute Gasteiger partial charge is 0.465 e. The number of nitrogens with one attached hydrogen (secondary N) is 3. The Labute approximate surface area is 293 Å². The van der Waals surface area contributed by atoms with Crippen molar-refractivity contribution in [2.45, 2.75) is 44.9 Å². The first-order chi connectivity index (χ1) is 23.4. The third-order valence-corrected chi connectivity index (χ3v) is 10.5. The van der Waals surface area contributed by atoms with Gasteiger partial charge in [0.2, 0.25) is 5.91 Å². The number of carbonyl (C=O) groups is 4. The van der Waals surface area contributed by atoms with E-state index in [0.717, 1.165) is 29.7 Å². The number of thiophene rings is 1. The highest BCUT2D eigenvalue weighted by molar-refractivity contribution is 8.00. The van der Waals surface area contributed by atoms with E-state index in [1.165, 1.54) is 54.5 Å². The van der Waals surface area contributed by atoms with E-state index >= 15 is 0 Å². The molecular formula is C38H38FN3O5S2. The van der Waals surface area contributed by atoms with Crippen molar-refractivity contribution in [2.75, 3.05) is 23.5 Å². The zero-order valence-corrected chi connectivity index (χ0v) is 29.4. The van der Waals surface area contributed by atoms with Crippen molar-refractivity contribution in [3.05, 3.63) is 118 Å². The van der Waals surface area contributed by atoms with Crippen LogP contribution in [0.15, 0.2) is 89.5 Å². The normalized spacial score (nSPS) is 14.4. The van der Waals surface area contributed by atoms with Gasteiger partial charge in [-0.3, -0.25) is 14.4 Å². The molecular weight excluding hydrogens is 662 g/mol. The van der Waals surface area contributed by atoms with E-state index in [9.17, 15) is 23.6 Å². The van der Waals surface area contributed by atoms with E-state index in [2.05, 4.69) is 36.7 Å². The van der Waals surface area contributed by atoms with E-state index in [-0.39, 0.29) is 28.3 Å². The lowest BCUT2D eigenvalue weighted by atomic mass is 9.72. The molecule has 5 rings (SSSR count). The lowest BCUT2D eigenvalue weighted by Crippen LogP contribution is -2.30. The molecule has 1 heterocycles. The summed E-state index contributed by atoms with van der Waals surface area (Å²) in [6.45, 7) is 6.68. The quantitative estimate of drug-likeness (QED) is 0.0880. The van der Waals surface area contributed by atoms with E-state index in [0.29, 0.717) is 32.6 Å². The van der Waals surface area contributed by atoms with Crippen LogP contribution in [0, 0.1) is 17.2 Å². The number of fused-ring (bicyclic) bond motifs is 1. The monoisotopic (exact) mass is 699 g/mol. The van der Waals surface area contributed by atoms with Crippen LogP contribution >= 0.6 is 23.1 Å². The molecule has 3 N–H and O–H groups in total. The van der Waals surface area contributed by atoms with E-state index in [1.807, 2.05) is 0 Å². The van der Waals surface area contributed by atoms with Crippen LogP contribution in [0.25, 0.3) is 6.08 Å². The number of thioether (sulfide) groups is 1. The van der Waals surface area contributed by atoms with Gasteiger partial charge in [0.05, 0.1) is 18.4 Å². The van der Waals surface area contributed by atoms with Gasteiger partial charge in [-0.2, -0.15) is 0 Å². The molecule has 0 saturated heterocycles. The summed E-state index contributed by atoms with van der Waals surface area (Å²) >= 11 is 2.70. The number of anilines is 2. The van der Waals surface area contributed by atoms with Gasteiger partial charge >= 0.3 is 5.97 Å². The van der Waals surface area contributed by atoms with Gasteiger partial charge in [-0.25, -0.2) is 9.18 Å². The van der Waals surface area contributed by atoms with Crippen LogP contribution < -0.4 is 16.0 Å². The number of hydrogen-bond acceptors (Lipinski definition) is 7. The van der Waals surface area contributed by atoms with E-state index in [1.54, 1.807) is 60.7 Å². The van der Waals surface area contributed by atoms with Gasteiger partial charge in [0.1, 0.15) is 16.5 Å². The number of carbonyl (C=O) groups excluding carboxylic acids is 4. The number of amides is 3. The van der Waals surface area contributed by atoms with Crippen molar-refractivity contribution in [3.63, 3.8) is 0 Å². The lowest BCUT2D eigenvalue weighted by Gasteiger charge is -2.33. The number of halogens is 1. The molecule has 1 aliphatic rings. The maximum Gasteiger partial charge on any atom is 0.341 e. The highest BCUT2D eigenvalue weighted by Gasteiger charge is 2.34. The fourth-order valence-corrected chi connectivity index (χ4v) is 7.68. The van der Waals surface area contributed by atoms with Gasteiger partial charge in [-0.05, 0) is 78.6 Å². The number of hydrogen-bond donors (Lipinski definition) is 3. The van der Waals surface area contributed by atoms with Gasteiger partial charge < -0.3 is 20.7 Å². The number of rotatable bonds is 10. The third-order valence-electron chi connectivity index (χ3n) is 8.33. The van der Waals surface area contributed by atoms with Gasteiger partial charge in [0.25, 0.3) is 11.8 Å². The number of benzene rings is 3. The topological polar surface area (TPSA) is 114 Å². The summed E-state index contributed by atoms with van der Waals surface area (Å²) in [6.07, 6.45) is 3.86. The molecule has 1 aliphatic carbocycles. The average Bonchev–Trinajstić information content (AvgIpc) is 3.44. The molecule has 0 spiro atoms. The van der Waals surface area contributed by atoms with Crippen LogP contribution in [-0.4, -0.2) is 36.6 Å². The molecule has 1 unspecified atom stereocenters. The fraction of sp³-hybridized carbons (Fsp3) is 0.263. The number of esters is 1.